The molecule has 0 saturated heterocycles. The lowest BCUT2D eigenvalue weighted by molar-refractivity contribution is -0.129. The van der Waals surface area contributed by atoms with Gasteiger partial charge in [-0.25, -0.2) is 0 Å². The monoisotopic (exact) mass is 336 g/mol. The van der Waals surface area contributed by atoms with Crippen molar-refractivity contribution in [1.29, 1.82) is 0 Å². The van der Waals surface area contributed by atoms with Crippen molar-refractivity contribution in [3.63, 3.8) is 0 Å². The minimum atomic E-state index is -0.184. The summed E-state index contributed by atoms with van der Waals surface area (Å²) in [7, 11) is 1.83. The predicted molar refractivity (Wildman–Crippen MR) is 92.3 cm³/mol. The number of aromatic nitrogens is 2. The molecule has 1 atom stereocenters. The molecule has 0 aliphatic rings. The average Bonchev–Trinajstić information content (AvgIpc) is 2.95. The molecule has 0 radical (unpaired) electrons. The van der Waals surface area contributed by atoms with E-state index in [1.807, 2.05) is 51.2 Å². The maximum atomic E-state index is 12.4. The smallest absolute Gasteiger partial charge is 0.235 e. The van der Waals surface area contributed by atoms with Gasteiger partial charge in [0, 0.05) is 20.1 Å². The van der Waals surface area contributed by atoms with Crippen LogP contribution in [0.1, 0.15) is 19.4 Å². The Bertz CT molecular complexity index is 603. The van der Waals surface area contributed by atoms with E-state index >= 15 is 0 Å². The van der Waals surface area contributed by atoms with Gasteiger partial charge >= 0.3 is 0 Å². The molecule has 118 valence electrons. The van der Waals surface area contributed by atoms with Crippen LogP contribution in [-0.4, -0.2) is 39.8 Å². The Morgan fingerprint density at radius 2 is 2.09 bits per heavy atom. The summed E-state index contributed by atoms with van der Waals surface area (Å²) in [6, 6.07) is 9.98. The molecular formula is C15H20N4OS2. The van der Waals surface area contributed by atoms with Crippen LogP contribution in [0.5, 0.6) is 0 Å². The van der Waals surface area contributed by atoms with Crippen molar-refractivity contribution in [3.05, 3.63) is 35.9 Å². The molecule has 1 amide bonds. The Labute approximate surface area is 139 Å². The summed E-state index contributed by atoms with van der Waals surface area (Å²) in [6.07, 6.45) is 0. The number of nitrogens with one attached hydrogen (secondary N) is 1. The summed E-state index contributed by atoms with van der Waals surface area (Å²) in [5.41, 5.74) is 1.13. The third-order valence-corrected chi connectivity index (χ3v) is 5.05. The molecule has 7 heteroatoms. The van der Waals surface area contributed by atoms with Crippen molar-refractivity contribution >= 4 is 34.1 Å². The van der Waals surface area contributed by atoms with E-state index in [1.165, 1.54) is 23.1 Å². The van der Waals surface area contributed by atoms with Gasteiger partial charge in [-0.1, -0.05) is 53.4 Å². The van der Waals surface area contributed by atoms with E-state index in [9.17, 15) is 4.79 Å². The van der Waals surface area contributed by atoms with E-state index in [2.05, 4.69) is 15.5 Å². The maximum absolute atomic E-state index is 12.4. The molecule has 2 rings (SSSR count). The predicted octanol–water partition coefficient (Wildman–Crippen LogP) is 3.11. The zero-order chi connectivity index (χ0) is 15.9. The van der Waals surface area contributed by atoms with Gasteiger partial charge in [0.2, 0.25) is 11.0 Å². The zero-order valence-electron chi connectivity index (χ0n) is 12.9. The van der Waals surface area contributed by atoms with Crippen LogP contribution in [0.2, 0.25) is 0 Å². The highest BCUT2D eigenvalue weighted by Crippen LogP contribution is 2.29. The first-order chi connectivity index (χ1) is 10.6. The molecule has 1 aromatic carbocycles. The number of carbonyl (C=O) groups is 1. The van der Waals surface area contributed by atoms with E-state index in [0.717, 1.165) is 21.6 Å². The van der Waals surface area contributed by atoms with Gasteiger partial charge < -0.3 is 10.2 Å². The number of thioether (sulfide) groups is 1. The van der Waals surface area contributed by atoms with E-state index in [0.29, 0.717) is 6.54 Å². The van der Waals surface area contributed by atoms with Gasteiger partial charge in [-0.15, -0.1) is 10.2 Å². The average molecular weight is 336 g/mol. The number of hydrogen-bond acceptors (Lipinski definition) is 6. The number of carbonyl (C=O) groups excluding carboxylic acids is 1. The first-order valence-electron chi connectivity index (χ1n) is 7.13. The molecule has 5 nitrogen and oxygen atoms in total. The van der Waals surface area contributed by atoms with Gasteiger partial charge in [0.05, 0.1) is 5.25 Å². The number of benzene rings is 1. The number of nitrogens with zero attached hydrogens (tertiary/aromatic N) is 3. The third kappa shape index (κ3) is 4.71. The molecule has 2 aromatic rings. The highest BCUT2D eigenvalue weighted by Gasteiger charge is 2.20. The van der Waals surface area contributed by atoms with Gasteiger partial charge in [-0.2, -0.15) is 0 Å². The molecule has 0 unspecified atom stereocenters. The van der Waals surface area contributed by atoms with Crippen LogP contribution in [0.4, 0.5) is 5.13 Å². The third-order valence-electron chi connectivity index (χ3n) is 3.00. The Kier molecular flexibility index (Phi) is 6.21. The minimum Gasteiger partial charge on any atom is -0.360 e. The molecule has 0 aliphatic carbocycles. The summed E-state index contributed by atoms with van der Waals surface area (Å²) in [5.74, 6) is 0.0917. The van der Waals surface area contributed by atoms with E-state index in [-0.39, 0.29) is 11.2 Å². The number of amides is 1. The van der Waals surface area contributed by atoms with Gasteiger partial charge in [-0.05, 0) is 19.4 Å². The largest absolute Gasteiger partial charge is 0.360 e. The molecule has 0 spiro atoms. The summed E-state index contributed by atoms with van der Waals surface area (Å²) in [6.45, 7) is 5.35. The van der Waals surface area contributed by atoms with Crippen LogP contribution in [0, 0.1) is 0 Å². The SMILES string of the molecule is CCNc1nnc(S[C@H](C)C(=O)N(C)Cc2ccccc2)s1. The van der Waals surface area contributed by atoms with Crippen LogP contribution in [0.3, 0.4) is 0 Å². The molecule has 0 bridgehead atoms. The van der Waals surface area contributed by atoms with Crippen molar-refractivity contribution < 1.29 is 4.79 Å². The van der Waals surface area contributed by atoms with Gasteiger partial charge in [0.25, 0.3) is 0 Å². The second kappa shape index (κ2) is 8.14. The lowest BCUT2D eigenvalue weighted by atomic mass is 10.2. The fourth-order valence-electron chi connectivity index (χ4n) is 1.93. The van der Waals surface area contributed by atoms with Gasteiger partial charge in [-0.3, -0.25) is 4.79 Å². The molecule has 0 aliphatic heterocycles. The number of anilines is 1. The van der Waals surface area contributed by atoms with Crippen molar-refractivity contribution in [2.24, 2.45) is 0 Å². The molecule has 0 saturated carbocycles. The van der Waals surface area contributed by atoms with Crippen molar-refractivity contribution in [2.45, 2.75) is 30.0 Å². The lowest BCUT2D eigenvalue weighted by Crippen LogP contribution is -2.32. The normalized spacial score (nSPS) is 12.0. The number of rotatable bonds is 7. The van der Waals surface area contributed by atoms with Crippen LogP contribution >= 0.6 is 23.1 Å². The molecule has 0 fully saturated rings. The summed E-state index contributed by atoms with van der Waals surface area (Å²) in [5, 5.41) is 11.9. The van der Waals surface area contributed by atoms with Crippen molar-refractivity contribution in [1.82, 2.24) is 15.1 Å². The number of hydrogen-bond donors (Lipinski definition) is 1. The topological polar surface area (TPSA) is 58.1 Å². The fraction of sp³-hybridized carbons (Fsp3) is 0.400. The van der Waals surface area contributed by atoms with Gasteiger partial charge in [0.1, 0.15) is 0 Å². The highest BCUT2D eigenvalue weighted by molar-refractivity contribution is 8.02. The fourth-order valence-corrected chi connectivity index (χ4v) is 4.01. The molecule has 1 heterocycles. The van der Waals surface area contributed by atoms with Crippen molar-refractivity contribution in [2.75, 3.05) is 18.9 Å². The van der Waals surface area contributed by atoms with E-state index in [1.54, 1.807) is 4.90 Å². The highest BCUT2D eigenvalue weighted by atomic mass is 32.2. The quantitative estimate of drug-likeness (QED) is 0.787. The first kappa shape index (κ1) is 16.8. The molecule has 1 N–H and O–H groups in total. The molecular weight excluding hydrogens is 316 g/mol. The van der Waals surface area contributed by atoms with Crippen LogP contribution in [0.25, 0.3) is 0 Å². The second-order valence-electron chi connectivity index (χ2n) is 4.84. The van der Waals surface area contributed by atoms with Crippen LogP contribution in [0.15, 0.2) is 34.7 Å². The lowest BCUT2D eigenvalue weighted by Gasteiger charge is -2.20. The maximum Gasteiger partial charge on any atom is 0.235 e. The van der Waals surface area contributed by atoms with Crippen LogP contribution in [-0.2, 0) is 11.3 Å². The summed E-state index contributed by atoms with van der Waals surface area (Å²) in [4.78, 5) is 14.2. The van der Waals surface area contributed by atoms with Gasteiger partial charge in [0.15, 0.2) is 4.34 Å². The minimum absolute atomic E-state index is 0.0917. The van der Waals surface area contributed by atoms with Crippen molar-refractivity contribution in [3.8, 4) is 0 Å². The first-order valence-corrected chi connectivity index (χ1v) is 8.82. The molecule has 1 aromatic heterocycles. The Morgan fingerprint density at radius 1 is 1.36 bits per heavy atom. The van der Waals surface area contributed by atoms with E-state index in [4.69, 9.17) is 0 Å². The summed E-state index contributed by atoms with van der Waals surface area (Å²) < 4.78 is 0.810. The summed E-state index contributed by atoms with van der Waals surface area (Å²) >= 11 is 2.93. The Morgan fingerprint density at radius 3 is 2.77 bits per heavy atom. The Hall–Kier alpha value is -1.60. The second-order valence-corrected chi connectivity index (χ2v) is 7.41. The zero-order valence-corrected chi connectivity index (χ0v) is 14.6. The molecule has 22 heavy (non-hydrogen) atoms. The van der Waals surface area contributed by atoms with E-state index < -0.39 is 0 Å². The Balaban J connectivity index is 1.90. The standard InChI is InChI=1S/C15H20N4OS2/c1-4-16-14-17-18-15(22-14)21-11(2)13(20)19(3)10-12-8-6-5-7-9-12/h5-9,11H,4,10H2,1-3H3,(H,16,17)/t11-/m1/s1. The van der Waals surface area contributed by atoms with Crippen LogP contribution < -0.4 is 5.32 Å².